The predicted molar refractivity (Wildman–Crippen MR) is 91.5 cm³/mol. The highest BCUT2D eigenvalue weighted by molar-refractivity contribution is 5.85. The Morgan fingerprint density at radius 2 is 1.91 bits per heavy atom. The summed E-state index contributed by atoms with van der Waals surface area (Å²) in [7, 11) is 0. The zero-order chi connectivity index (χ0) is 15.3. The van der Waals surface area contributed by atoms with Crippen molar-refractivity contribution in [1.29, 1.82) is 0 Å². The first kappa shape index (κ1) is 15.9. The van der Waals surface area contributed by atoms with Crippen molar-refractivity contribution in [3.63, 3.8) is 0 Å². The Kier molecular flexibility index (Phi) is 3.86. The van der Waals surface area contributed by atoms with E-state index >= 15 is 0 Å². The molecule has 0 bridgehead atoms. The summed E-state index contributed by atoms with van der Waals surface area (Å²) < 4.78 is 5.45. The van der Waals surface area contributed by atoms with Crippen molar-refractivity contribution in [1.82, 2.24) is 15.1 Å². The highest BCUT2D eigenvalue weighted by Gasteiger charge is 2.39. The van der Waals surface area contributed by atoms with Crippen LogP contribution in [-0.4, -0.2) is 15.1 Å². The molecule has 2 N–H and O–H groups in total. The molecule has 2 aromatic heterocycles. The van der Waals surface area contributed by atoms with Gasteiger partial charge in [-0.3, -0.25) is 4.98 Å². The summed E-state index contributed by atoms with van der Waals surface area (Å²) in [6.07, 6.45) is 2.95. The number of aromatic nitrogens is 3. The Hall–Kier alpha value is -1.98. The molecular weight excluding hydrogens is 312 g/mol. The fraction of sp³-hybridized carbons (Fsp3) is 0.353. The second-order valence-corrected chi connectivity index (χ2v) is 6.25. The smallest absolute Gasteiger partial charge is 0.259 e. The summed E-state index contributed by atoms with van der Waals surface area (Å²) >= 11 is 0. The molecule has 1 fully saturated rings. The number of halogens is 1. The molecule has 0 atom stereocenters. The van der Waals surface area contributed by atoms with Gasteiger partial charge in [-0.15, -0.1) is 12.4 Å². The van der Waals surface area contributed by atoms with Crippen molar-refractivity contribution in [2.24, 2.45) is 5.73 Å². The van der Waals surface area contributed by atoms with Crippen LogP contribution in [0.15, 0.2) is 28.8 Å². The molecule has 1 aliphatic rings. The van der Waals surface area contributed by atoms with Gasteiger partial charge in [-0.05, 0) is 51.3 Å². The Morgan fingerprint density at radius 3 is 2.61 bits per heavy atom. The lowest BCUT2D eigenvalue weighted by Gasteiger charge is -2.34. The summed E-state index contributed by atoms with van der Waals surface area (Å²) in [6.45, 7) is 4.03. The summed E-state index contributed by atoms with van der Waals surface area (Å²) in [5.41, 5.74) is 9.79. The highest BCUT2D eigenvalue weighted by Crippen LogP contribution is 2.38. The molecule has 1 saturated carbocycles. The van der Waals surface area contributed by atoms with Crippen molar-refractivity contribution >= 4 is 23.3 Å². The molecule has 0 saturated heterocycles. The third kappa shape index (κ3) is 2.60. The minimum absolute atomic E-state index is 0. The van der Waals surface area contributed by atoms with E-state index in [1.165, 1.54) is 5.56 Å². The summed E-state index contributed by atoms with van der Waals surface area (Å²) in [5.74, 6) is 1.11. The van der Waals surface area contributed by atoms with Crippen LogP contribution >= 0.6 is 12.4 Å². The molecule has 0 radical (unpaired) electrons. The van der Waals surface area contributed by atoms with E-state index in [0.29, 0.717) is 11.7 Å². The monoisotopic (exact) mass is 330 g/mol. The maximum atomic E-state index is 6.26. The Morgan fingerprint density at radius 1 is 1.13 bits per heavy atom. The molecule has 2 heterocycles. The van der Waals surface area contributed by atoms with Crippen molar-refractivity contribution in [3.05, 3.63) is 41.3 Å². The average molecular weight is 331 g/mol. The molecule has 0 spiro atoms. The maximum Gasteiger partial charge on any atom is 0.259 e. The number of hydrogen-bond acceptors (Lipinski definition) is 5. The molecule has 1 aliphatic carbocycles. The van der Waals surface area contributed by atoms with Crippen LogP contribution < -0.4 is 5.73 Å². The van der Waals surface area contributed by atoms with Crippen LogP contribution in [0.25, 0.3) is 22.4 Å². The molecule has 5 nitrogen and oxygen atoms in total. The van der Waals surface area contributed by atoms with E-state index in [2.05, 4.69) is 40.2 Å². The van der Waals surface area contributed by atoms with Gasteiger partial charge in [0.2, 0.25) is 0 Å². The highest BCUT2D eigenvalue weighted by atomic mass is 35.5. The summed E-state index contributed by atoms with van der Waals surface area (Å²) in [4.78, 5) is 9.16. The van der Waals surface area contributed by atoms with Crippen LogP contribution in [-0.2, 0) is 5.54 Å². The molecule has 120 valence electrons. The number of benzene rings is 1. The summed E-state index contributed by atoms with van der Waals surface area (Å²) in [6, 6.07) is 8.27. The zero-order valence-corrected chi connectivity index (χ0v) is 14.0. The van der Waals surface area contributed by atoms with Gasteiger partial charge < -0.3 is 10.3 Å². The minimum atomic E-state index is -0.406. The topological polar surface area (TPSA) is 77.8 Å². The van der Waals surface area contributed by atoms with E-state index < -0.39 is 5.54 Å². The number of rotatable bonds is 2. The van der Waals surface area contributed by atoms with Gasteiger partial charge in [0.25, 0.3) is 5.89 Å². The fourth-order valence-electron chi connectivity index (χ4n) is 2.93. The number of fused-ring (bicyclic) bond motifs is 1. The minimum Gasteiger partial charge on any atom is -0.334 e. The molecular formula is C17H19ClN4O. The van der Waals surface area contributed by atoms with E-state index in [0.717, 1.165) is 41.4 Å². The van der Waals surface area contributed by atoms with Crippen molar-refractivity contribution in [2.45, 2.75) is 38.6 Å². The van der Waals surface area contributed by atoms with Crippen LogP contribution in [0.5, 0.6) is 0 Å². The Balaban J connectivity index is 0.00000156. The van der Waals surface area contributed by atoms with Gasteiger partial charge in [-0.1, -0.05) is 16.8 Å². The van der Waals surface area contributed by atoms with Crippen molar-refractivity contribution in [2.75, 3.05) is 0 Å². The lowest BCUT2D eigenvalue weighted by atomic mass is 9.77. The summed E-state index contributed by atoms with van der Waals surface area (Å²) in [5, 5.41) is 5.16. The van der Waals surface area contributed by atoms with Crippen LogP contribution in [0.2, 0.25) is 0 Å². The van der Waals surface area contributed by atoms with Crippen LogP contribution in [0.1, 0.15) is 36.3 Å². The predicted octanol–water partition coefficient (Wildman–Crippen LogP) is 3.66. The van der Waals surface area contributed by atoms with Crippen molar-refractivity contribution < 1.29 is 4.52 Å². The first-order valence-corrected chi connectivity index (χ1v) is 7.57. The fourth-order valence-corrected chi connectivity index (χ4v) is 2.93. The van der Waals surface area contributed by atoms with Crippen LogP contribution in [0, 0.1) is 13.8 Å². The van der Waals surface area contributed by atoms with Gasteiger partial charge in [0.1, 0.15) is 0 Å². The van der Waals surface area contributed by atoms with E-state index in [-0.39, 0.29) is 12.4 Å². The van der Waals surface area contributed by atoms with E-state index in [4.69, 9.17) is 10.3 Å². The molecule has 23 heavy (non-hydrogen) atoms. The van der Waals surface area contributed by atoms with E-state index in [1.54, 1.807) is 0 Å². The number of nitrogens with zero attached hydrogens (tertiary/aromatic N) is 3. The third-order valence-electron chi connectivity index (χ3n) is 4.51. The zero-order valence-electron chi connectivity index (χ0n) is 13.2. The molecule has 3 aromatic rings. The lowest BCUT2D eigenvalue weighted by molar-refractivity contribution is 0.229. The third-order valence-corrected chi connectivity index (χ3v) is 4.51. The van der Waals surface area contributed by atoms with Gasteiger partial charge in [0, 0.05) is 5.39 Å². The van der Waals surface area contributed by atoms with Gasteiger partial charge in [-0.25, -0.2) is 0 Å². The maximum absolute atomic E-state index is 6.26. The first-order valence-electron chi connectivity index (χ1n) is 7.57. The SMILES string of the molecule is Cc1ccc2nc(C)c(-c3nc(C4(N)CCC4)no3)cc2c1.Cl. The van der Waals surface area contributed by atoms with Gasteiger partial charge >= 0.3 is 0 Å². The first-order chi connectivity index (χ1) is 10.5. The molecule has 4 rings (SSSR count). The molecule has 0 aliphatic heterocycles. The molecule has 1 aromatic carbocycles. The van der Waals surface area contributed by atoms with Crippen LogP contribution in [0.4, 0.5) is 0 Å². The lowest BCUT2D eigenvalue weighted by Crippen LogP contribution is -2.44. The molecule has 0 amide bonds. The van der Waals surface area contributed by atoms with Gasteiger partial charge in [0.05, 0.1) is 22.3 Å². The number of hydrogen-bond donors (Lipinski definition) is 1. The van der Waals surface area contributed by atoms with Gasteiger partial charge in [0.15, 0.2) is 5.82 Å². The standard InChI is InChI=1S/C17H18N4O.ClH/c1-10-4-5-14-12(8-10)9-13(11(2)19-14)15-20-16(21-22-15)17(18)6-3-7-17;/h4-5,8-9H,3,6-7,18H2,1-2H3;1H. The quantitative estimate of drug-likeness (QED) is 0.775. The normalized spacial score (nSPS) is 16.0. The Bertz CT molecular complexity index is 870. The molecule has 0 unspecified atom stereocenters. The second kappa shape index (κ2) is 5.58. The van der Waals surface area contributed by atoms with Gasteiger partial charge in [-0.2, -0.15) is 4.98 Å². The average Bonchev–Trinajstić information content (AvgIpc) is 2.94. The number of aryl methyl sites for hydroxylation is 2. The van der Waals surface area contributed by atoms with Crippen LogP contribution in [0.3, 0.4) is 0 Å². The van der Waals surface area contributed by atoms with E-state index in [1.807, 2.05) is 13.0 Å². The second-order valence-electron chi connectivity index (χ2n) is 6.25. The van der Waals surface area contributed by atoms with E-state index in [9.17, 15) is 0 Å². The molecule has 6 heteroatoms. The Labute approximate surface area is 140 Å². The van der Waals surface area contributed by atoms with Crippen molar-refractivity contribution in [3.8, 4) is 11.5 Å². The number of pyridine rings is 1. The largest absolute Gasteiger partial charge is 0.334 e. The number of nitrogens with two attached hydrogens (primary N) is 1.